The molecule has 7 heteroatoms. The van der Waals surface area contributed by atoms with Gasteiger partial charge in [-0.2, -0.15) is 0 Å². The van der Waals surface area contributed by atoms with E-state index in [1.54, 1.807) is 42.5 Å². The Kier molecular flexibility index (Phi) is 5.39. The minimum absolute atomic E-state index is 0.111. The van der Waals surface area contributed by atoms with Gasteiger partial charge in [-0.25, -0.2) is 9.18 Å². The highest BCUT2D eigenvalue weighted by atomic mass is 32.1. The topological polar surface area (TPSA) is 61.8 Å². The van der Waals surface area contributed by atoms with E-state index in [1.807, 2.05) is 11.4 Å². The van der Waals surface area contributed by atoms with Crippen LogP contribution in [0.5, 0.6) is 11.5 Å². The van der Waals surface area contributed by atoms with Crippen molar-refractivity contribution in [2.75, 3.05) is 13.4 Å². The zero-order chi connectivity index (χ0) is 20.2. The van der Waals surface area contributed by atoms with Crippen molar-refractivity contribution in [1.82, 2.24) is 0 Å². The fourth-order valence-electron chi connectivity index (χ4n) is 2.75. The number of carbonyl (C=O) groups is 2. The van der Waals surface area contributed by atoms with Crippen molar-refractivity contribution in [2.24, 2.45) is 0 Å². The van der Waals surface area contributed by atoms with Crippen molar-refractivity contribution < 1.29 is 28.2 Å². The van der Waals surface area contributed by atoms with Crippen LogP contribution in [0.15, 0.2) is 60.0 Å². The smallest absolute Gasteiger partial charge is 0.340 e. The minimum Gasteiger partial charge on any atom is -0.454 e. The summed E-state index contributed by atoms with van der Waals surface area (Å²) in [6, 6.07) is 14.1. The van der Waals surface area contributed by atoms with Gasteiger partial charge >= 0.3 is 5.97 Å². The minimum atomic E-state index is -0.633. The number of ketones is 1. The summed E-state index contributed by atoms with van der Waals surface area (Å²) in [5, 5.41) is 1.83. The number of rotatable bonds is 6. The SMILES string of the molecule is O=C(OCC(=O)c1ccc2c(c1)OCO2)C(=Cc1ccc(F)cc1)c1cccs1. The fraction of sp³-hybridized carbons (Fsp3) is 0.0909. The molecule has 1 aromatic heterocycles. The van der Waals surface area contributed by atoms with Crippen LogP contribution in [0, 0.1) is 5.82 Å². The highest BCUT2D eigenvalue weighted by molar-refractivity contribution is 7.11. The van der Waals surface area contributed by atoms with Crippen LogP contribution in [0.2, 0.25) is 0 Å². The molecule has 0 saturated heterocycles. The van der Waals surface area contributed by atoms with Crippen LogP contribution in [0.1, 0.15) is 20.8 Å². The standard InChI is InChI=1S/C22H15FO5S/c23-16-6-3-14(4-7-16)10-17(21-2-1-9-29-21)22(25)26-12-18(24)15-5-8-19-20(11-15)28-13-27-19/h1-11H,12-13H2. The van der Waals surface area contributed by atoms with Gasteiger partial charge in [-0.1, -0.05) is 18.2 Å². The molecule has 0 fully saturated rings. The molecule has 1 aliphatic rings. The predicted molar refractivity (Wildman–Crippen MR) is 106 cm³/mol. The lowest BCUT2D eigenvalue weighted by molar-refractivity contribution is -0.135. The molecule has 2 heterocycles. The Morgan fingerprint density at radius 2 is 1.86 bits per heavy atom. The molecular weight excluding hydrogens is 395 g/mol. The van der Waals surface area contributed by atoms with Gasteiger partial charge in [-0.05, 0) is 53.4 Å². The zero-order valence-electron chi connectivity index (χ0n) is 15.1. The van der Waals surface area contributed by atoms with E-state index in [4.69, 9.17) is 14.2 Å². The Morgan fingerprint density at radius 3 is 2.62 bits per heavy atom. The monoisotopic (exact) mass is 410 g/mol. The van der Waals surface area contributed by atoms with Gasteiger partial charge in [0.1, 0.15) is 5.82 Å². The second-order valence-electron chi connectivity index (χ2n) is 6.15. The molecule has 5 nitrogen and oxygen atoms in total. The van der Waals surface area contributed by atoms with Crippen LogP contribution < -0.4 is 9.47 Å². The van der Waals surface area contributed by atoms with Crippen molar-refractivity contribution in [2.45, 2.75) is 0 Å². The Bertz CT molecular complexity index is 1070. The van der Waals surface area contributed by atoms with Crippen LogP contribution >= 0.6 is 11.3 Å². The molecular formula is C22H15FO5S. The second-order valence-corrected chi connectivity index (χ2v) is 7.10. The number of halogens is 1. The van der Waals surface area contributed by atoms with Gasteiger partial charge in [0.05, 0.1) is 5.57 Å². The van der Waals surface area contributed by atoms with Crippen LogP contribution in [0.4, 0.5) is 4.39 Å². The number of thiophene rings is 1. The summed E-state index contributed by atoms with van der Waals surface area (Å²) in [5.41, 5.74) is 1.31. The highest BCUT2D eigenvalue weighted by Crippen LogP contribution is 2.32. The van der Waals surface area contributed by atoms with E-state index >= 15 is 0 Å². The average Bonchev–Trinajstić information content (AvgIpc) is 3.42. The first-order valence-corrected chi connectivity index (χ1v) is 9.59. The van der Waals surface area contributed by atoms with Crippen molar-refractivity contribution >= 4 is 34.7 Å². The fourth-order valence-corrected chi connectivity index (χ4v) is 3.48. The van der Waals surface area contributed by atoms with Crippen LogP contribution in [0.3, 0.4) is 0 Å². The number of benzene rings is 2. The zero-order valence-corrected chi connectivity index (χ0v) is 15.9. The van der Waals surface area contributed by atoms with E-state index in [9.17, 15) is 14.0 Å². The van der Waals surface area contributed by atoms with Crippen molar-refractivity contribution in [3.05, 3.63) is 81.8 Å². The molecule has 146 valence electrons. The van der Waals surface area contributed by atoms with Crippen LogP contribution in [-0.2, 0) is 9.53 Å². The van der Waals surface area contributed by atoms with Gasteiger partial charge in [-0.15, -0.1) is 11.3 Å². The number of ether oxygens (including phenoxy) is 3. The highest BCUT2D eigenvalue weighted by Gasteiger charge is 2.19. The summed E-state index contributed by atoms with van der Waals surface area (Å²) >= 11 is 1.37. The molecule has 0 amide bonds. The summed E-state index contributed by atoms with van der Waals surface area (Å²) in [7, 11) is 0. The van der Waals surface area contributed by atoms with Crippen molar-refractivity contribution in [3.8, 4) is 11.5 Å². The number of carbonyl (C=O) groups excluding carboxylic acids is 2. The van der Waals surface area contributed by atoms with Gasteiger partial charge in [0.25, 0.3) is 0 Å². The first-order chi connectivity index (χ1) is 14.1. The van der Waals surface area contributed by atoms with E-state index in [0.717, 1.165) is 0 Å². The number of Topliss-reactive ketones (excluding diaryl/α,β-unsaturated/α-hetero) is 1. The third kappa shape index (κ3) is 4.35. The van der Waals surface area contributed by atoms with Gasteiger partial charge < -0.3 is 14.2 Å². The predicted octanol–water partition coefficient (Wildman–Crippen LogP) is 4.58. The summed E-state index contributed by atoms with van der Waals surface area (Å²) in [5.74, 6) is -0.301. The molecule has 0 unspecified atom stereocenters. The molecule has 4 rings (SSSR count). The number of hydrogen-bond donors (Lipinski definition) is 0. The maximum absolute atomic E-state index is 13.1. The van der Waals surface area contributed by atoms with Crippen LogP contribution in [-0.4, -0.2) is 25.2 Å². The third-order valence-corrected chi connectivity index (χ3v) is 5.12. The summed E-state index contributed by atoms with van der Waals surface area (Å²) in [6.45, 7) is -0.301. The number of esters is 1. The molecule has 0 N–H and O–H groups in total. The molecule has 29 heavy (non-hydrogen) atoms. The molecule has 1 aliphatic heterocycles. The average molecular weight is 410 g/mol. The Balaban J connectivity index is 1.49. The van der Waals surface area contributed by atoms with E-state index in [1.165, 1.54) is 23.5 Å². The second kappa shape index (κ2) is 8.28. The number of hydrogen-bond acceptors (Lipinski definition) is 6. The van der Waals surface area contributed by atoms with E-state index in [-0.39, 0.29) is 18.4 Å². The first-order valence-electron chi connectivity index (χ1n) is 8.71. The maximum atomic E-state index is 13.1. The third-order valence-electron chi connectivity index (χ3n) is 4.22. The van der Waals surface area contributed by atoms with Gasteiger partial charge in [0.15, 0.2) is 23.9 Å². The lowest BCUT2D eigenvalue weighted by Crippen LogP contribution is -2.15. The lowest BCUT2D eigenvalue weighted by atomic mass is 10.1. The van der Waals surface area contributed by atoms with Crippen LogP contribution in [0.25, 0.3) is 11.6 Å². The summed E-state index contributed by atoms with van der Waals surface area (Å²) in [4.78, 5) is 25.8. The summed E-state index contributed by atoms with van der Waals surface area (Å²) in [6.07, 6.45) is 1.61. The summed E-state index contributed by atoms with van der Waals surface area (Å²) < 4.78 is 28.9. The van der Waals surface area contributed by atoms with Crippen molar-refractivity contribution in [1.29, 1.82) is 0 Å². The Hall–Kier alpha value is -3.45. The largest absolute Gasteiger partial charge is 0.454 e. The Morgan fingerprint density at radius 1 is 1.07 bits per heavy atom. The molecule has 0 bridgehead atoms. The van der Waals surface area contributed by atoms with Gasteiger partial charge in [0.2, 0.25) is 6.79 Å². The molecule has 0 spiro atoms. The Labute approximate surface area is 170 Å². The van der Waals surface area contributed by atoms with E-state index in [0.29, 0.717) is 33.1 Å². The molecule has 3 aromatic rings. The van der Waals surface area contributed by atoms with E-state index in [2.05, 4.69) is 0 Å². The molecule has 0 saturated carbocycles. The lowest BCUT2D eigenvalue weighted by Gasteiger charge is -2.08. The quantitative estimate of drug-likeness (QED) is 0.338. The maximum Gasteiger partial charge on any atom is 0.340 e. The van der Waals surface area contributed by atoms with Gasteiger partial charge in [-0.3, -0.25) is 4.79 Å². The van der Waals surface area contributed by atoms with Gasteiger partial charge in [0, 0.05) is 10.4 Å². The van der Waals surface area contributed by atoms with Crippen molar-refractivity contribution in [3.63, 3.8) is 0 Å². The molecule has 2 aromatic carbocycles. The molecule has 0 atom stereocenters. The number of fused-ring (bicyclic) bond motifs is 1. The molecule has 0 aliphatic carbocycles. The first kappa shape index (κ1) is 18.9. The van der Waals surface area contributed by atoms with E-state index < -0.39 is 12.6 Å². The molecule has 0 radical (unpaired) electrons. The normalized spacial score (nSPS) is 12.7.